The number of hydrogen-bond acceptors (Lipinski definition) is 3. The second-order valence-electron chi connectivity index (χ2n) is 6.25. The molecular weight excluding hydrogens is 382 g/mol. The quantitative estimate of drug-likeness (QED) is 0.798. The molecule has 0 aromatic heterocycles. The molecule has 0 bridgehead atoms. The highest BCUT2D eigenvalue weighted by Crippen LogP contribution is 2.40. The Kier molecular flexibility index (Phi) is 5.76. The first-order valence-corrected chi connectivity index (χ1v) is 9.28. The zero-order valence-electron chi connectivity index (χ0n) is 14.2. The normalized spacial score (nSPS) is 19.4. The largest absolute Gasteiger partial charge is 0.496 e. The van der Waals surface area contributed by atoms with E-state index in [1.165, 1.54) is 0 Å². The van der Waals surface area contributed by atoms with Crippen molar-refractivity contribution in [2.24, 2.45) is 0 Å². The molecule has 0 spiro atoms. The number of rotatable bonds is 5. The molecule has 2 atom stereocenters. The maximum absolute atomic E-state index is 11.9. The topological polar surface area (TPSA) is 49.8 Å². The summed E-state index contributed by atoms with van der Waals surface area (Å²) >= 11 is 3.65. The zero-order valence-corrected chi connectivity index (χ0v) is 15.8. The molecule has 1 heterocycles. The lowest BCUT2D eigenvalue weighted by Crippen LogP contribution is -2.47. The minimum atomic E-state index is -0.758. The van der Waals surface area contributed by atoms with Gasteiger partial charge in [0.05, 0.1) is 13.2 Å². The van der Waals surface area contributed by atoms with Crippen molar-refractivity contribution < 1.29 is 14.6 Å². The van der Waals surface area contributed by atoms with Gasteiger partial charge < -0.3 is 9.84 Å². The van der Waals surface area contributed by atoms with Gasteiger partial charge in [0.2, 0.25) is 0 Å². The van der Waals surface area contributed by atoms with Crippen LogP contribution < -0.4 is 4.74 Å². The molecule has 0 radical (unpaired) electrons. The molecule has 132 valence electrons. The summed E-state index contributed by atoms with van der Waals surface area (Å²) in [5.41, 5.74) is 2.05. The number of halogens is 1. The third kappa shape index (κ3) is 3.72. The Morgan fingerprint density at radius 1 is 1.16 bits per heavy atom. The number of carboxylic acid groups (broad SMARTS) is 1. The van der Waals surface area contributed by atoms with Crippen LogP contribution in [0, 0.1) is 0 Å². The van der Waals surface area contributed by atoms with E-state index in [4.69, 9.17) is 4.74 Å². The average Bonchev–Trinajstić information content (AvgIpc) is 2.64. The first-order valence-electron chi connectivity index (χ1n) is 8.49. The van der Waals surface area contributed by atoms with E-state index in [9.17, 15) is 9.90 Å². The van der Waals surface area contributed by atoms with Gasteiger partial charge in [-0.05, 0) is 37.1 Å². The summed E-state index contributed by atoms with van der Waals surface area (Å²) in [6, 6.07) is 15.2. The van der Waals surface area contributed by atoms with Crippen molar-refractivity contribution in [3.05, 3.63) is 64.1 Å². The van der Waals surface area contributed by atoms with E-state index in [2.05, 4.69) is 26.9 Å². The Morgan fingerprint density at radius 3 is 2.52 bits per heavy atom. The maximum Gasteiger partial charge on any atom is 0.320 e. The molecular formula is C20H22BrNO3. The summed E-state index contributed by atoms with van der Waals surface area (Å²) in [5, 5.41) is 9.76. The van der Waals surface area contributed by atoms with Gasteiger partial charge in [-0.15, -0.1) is 0 Å². The summed E-state index contributed by atoms with van der Waals surface area (Å²) in [6.45, 7) is 0.751. The van der Waals surface area contributed by atoms with Crippen LogP contribution in [-0.4, -0.2) is 35.7 Å². The Morgan fingerprint density at radius 2 is 1.84 bits per heavy atom. The first kappa shape index (κ1) is 18.0. The molecule has 2 aromatic rings. The number of likely N-dealkylation sites (tertiary alicyclic amines) is 1. The lowest BCUT2D eigenvalue weighted by molar-refractivity contribution is -0.145. The predicted molar refractivity (Wildman–Crippen MR) is 101 cm³/mol. The van der Waals surface area contributed by atoms with Gasteiger partial charge in [0.25, 0.3) is 0 Å². The molecule has 5 heteroatoms. The summed E-state index contributed by atoms with van der Waals surface area (Å²) in [5.74, 6) is 0.0182. The fourth-order valence-corrected chi connectivity index (χ4v) is 4.14. The van der Waals surface area contributed by atoms with E-state index < -0.39 is 12.0 Å². The van der Waals surface area contributed by atoms with Gasteiger partial charge in [-0.2, -0.15) is 0 Å². The van der Waals surface area contributed by atoms with Crippen LogP contribution in [0.15, 0.2) is 53.0 Å². The Hall–Kier alpha value is -1.85. The molecule has 0 aliphatic carbocycles. The molecule has 2 aromatic carbocycles. The summed E-state index contributed by atoms with van der Waals surface area (Å²) in [7, 11) is 1.65. The third-order valence-electron chi connectivity index (χ3n) is 4.79. The number of ether oxygens (including phenoxy) is 1. The van der Waals surface area contributed by atoms with E-state index in [1.807, 2.05) is 42.5 Å². The second kappa shape index (κ2) is 8.02. The van der Waals surface area contributed by atoms with Crippen LogP contribution in [0.25, 0.3) is 0 Å². The molecule has 0 amide bonds. The second-order valence-corrected chi connectivity index (χ2v) is 7.11. The number of piperidine rings is 1. The van der Waals surface area contributed by atoms with Crippen LogP contribution in [0.3, 0.4) is 0 Å². The number of carbonyl (C=O) groups is 1. The van der Waals surface area contributed by atoms with Crippen LogP contribution >= 0.6 is 15.9 Å². The maximum atomic E-state index is 11.9. The SMILES string of the molecule is COc1ccccc1C(c1ccccc1Br)N1CCCCC1C(=O)O. The third-order valence-corrected chi connectivity index (χ3v) is 5.52. The molecule has 0 saturated carbocycles. The van der Waals surface area contributed by atoms with Crippen LogP contribution in [0.4, 0.5) is 0 Å². The minimum absolute atomic E-state index is 0.173. The number of benzene rings is 2. The molecule has 1 aliphatic rings. The lowest BCUT2D eigenvalue weighted by Gasteiger charge is -2.40. The van der Waals surface area contributed by atoms with Gasteiger partial charge in [-0.1, -0.05) is 58.7 Å². The molecule has 1 aliphatic heterocycles. The van der Waals surface area contributed by atoms with Crippen molar-refractivity contribution in [3.8, 4) is 5.75 Å². The van der Waals surface area contributed by atoms with Crippen LogP contribution in [0.1, 0.15) is 36.4 Å². The zero-order chi connectivity index (χ0) is 17.8. The van der Waals surface area contributed by atoms with Gasteiger partial charge in [0.1, 0.15) is 11.8 Å². The summed E-state index contributed by atoms with van der Waals surface area (Å²) < 4.78 is 6.56. The van der Waals surface area contributed by atoms with Crippen molar-refractivity contribution in [1.82, 2.24) is 4.90 Å². The fraction of sp³-hybridized carbons (Fsp3) is 0.350. The summed E-state index contributed by atoms with van der Waals surface area (Å²) in [4.78, 5) is 14.0. The van der Waals surface area contributed by atoms with Crippen molar-refractivity contribution in [2.45, 2.75) is 31.3 Å². The van der Waals surface area contributed by atoms with Crippen molar-refractivity contribution in [2.75, 3.05) is 13.7 Å². The molecule has 25 heavy (non-hydrogen) atoms. The smallest absolute Gasteiger partial charge is 0.320 e. The van der Waals surface area contributed by atoms with Crippen molar-refractivity contribution in [1.29, 1.82) is 0 Å². The molecule has 4 nitrogen and oxygen atoms in total. The van der Waals surface area contributed by atoms with E-state index in [0.717, 1.165) is 40.7 Å². The number of para-hydroxylation sites is 1. The number of carboxylic acids is 1. The van der Waals surface area contributed by atoms with Crippen LogP contribution in [-0.2, 0) is 4.79 Å². The van der Waals surface area contributed by atoms with E-state index in [1.54, 1.807) is 7.11 Å². The molecule has 2 unspecified atom stereocenters. The standard InChI is InChI=1S/C20H22BrNO3/c1-25-18-12-5-3-9-15(18)19(14-8-2-4-10-16(14)21)22-13-7-6-11-17(22)20(23)24/h2-5,8-10,12,17,19H,6-7,11,13H2,1H3,(H,23,24). The van der Waals surface area contributed by atoms with E-state index >= 15 is 0 Å². The number of aliphatic carboxylic acids is 1. The minimum Gasteiger partial charge on any atom is -0.496 e. The molecule has 1 saturated heterocycles. The number of methoxy groups -OCH3 is 1. The van der Waals surface area contributed by atoms with Crippen LogP contribution in [0.2, 0.25) is 0 Å². The lowest BCUT2D eigenvalue weighted by atomic mass is 9.91. The Bertz CT molecular complexity index is 749. The van der Waals surface area contributed by atoms with Crippen molar-refractivity contribution in [3.63, 3.8) is 0 Å². The molecule has 1 fully saturated rings. The number of nitrogens with zero attached hydrogens (tertiary/aromatic N) is 1. The average molecular weight is 404 g/mol. The van der Waals surface area contributed by atoms with Gasteiger partial charge in [0.15, 0.2) is 0 Å². The number of hydrogen-bond donors (Lipinski definition) is 1. The van der Waals surface area contributed by atoms with Gasteiger partial charge >= 0.3 is 5.97 Å². The van der Waals surface area contributed by atoms with Gasteiger partial charge in [-0.25, -0.2) is 0 Å². The highest BCUT2D eigenvalue weighted by Gasteiger charge is 2.36. The van der Waals surface area contributed by atoms with Gasteiger partial charge in [-0.3, -0.25) is 9.69 Å². The van der Waals surface area contributed by atoms with E-state index in [0.29, 0.717) is 6.42 Å². The molecule has 1 N–H and O–H groups in total. The molecule has 3 rings (SSSR count). The highest BCUT2D eigenvalue weighted by molar-refractivity contribution is 9.10. The highest BCUT2D eigenvalue weighted by atomic mass is 79.9. The monoisotopic (exact) mass is 403 g/mol. The summed E-state index contributed by atoms with van der Waals surface area (Å²) in [6.07, 6.45) is 2.62. The van der Waals surface area contributed by atoms with Crippen LogP contribution in [0.5, 0.6) is 5.75 Å². The predicted octanol–water partition coefficient (Wildman–Crippen LogP) is 4.49. The van der Waals surface area contributed by atoms with Gasteiger partial charge in [0, 0.05) is 10.0 Å². The Balaban J connectivity index is 2.15. The fourth-order valence-electron chi connectivity index (χ4n) is 3.64. The Labute approximate surface area is 156 Å². The van der Waals surface area contributed by atoms with E-state index in [-0.39, 0.29) is 6.04 Å². The van der Waals surface area contributed by atoms with Crippen molar-refractivity contribution >= 4 is 21.9 Å². The first-order chi connectivity index (χ1) is 12.1.